The predicted molar refractivity (Wildman–Crippen MR) is 95.7 cm³/mol. The Morgan fingerprint density at radius 3 is 3.04 bits per heavy atom. The van der Waals surface area contributed by atoms with Crippen LogP contribution in [0, 0.1) is 0 Å². The van der Waals surface area contributed by atoms with E-state index in [1.54, 1.807) is 30.5 Å². The summed E-state index contributed by atoms with van der Waals surface area (Å²) < 4.78 is 5.20. The first-order valence-electron chi connectivity index (χ1n) is 8.12. The number of rotatable bonds is 4. The molecule has 0 bridgehead atoms. The lowest BCUT2D eigenvalue weighted by Crippen LogP contribution is -2.53. The number of nitrogens with zero attached hydrogens (tertiary/aromatic N) is 3. The molecular weight excluding hydrogens is 316 g/mol. The summed E-state index contributed by atoms with van der Waals surface area (Å²) in [6, 6.07) is 7.99. The minimum absolute atomic E-state index is 0.00125. The highest BCUT2D eigenvalue weighted by Crippen LogP contribution is 2.27. The monoisotopic (exact) mass is 334 g/mol. The smallest absolute Gasteiger partial charge is 0.246 e. The minimum Gasteiger partial charge on any atom is -0.378 e. The number of H-pyrrole nitrogens is 1. The highest BCUT2D eigenvalue weighted by Gasteiger charge is 2.28. The van der Waals surface area contributed by atoms with Crippen LogP contribution < -0.4 is 0 Å². The fourth-order valence-electron chi connectivity index (χ4n) is 2.94. The molecule has 0 unspecified atom stereocenters. The maximum atomic E-state index is 12.2. The van der Waals surface area contributed by atoms with Gasteiger partial charge in [0.2, 0.25) is 5.91 Å². The van der Waals surface area contributed by atoms with E-state index in [1.807, 2.05) is 30.5 Å². The molecule has 1 aromatic carbocycles. The topological polar surface area (TPSA) is 71.1 Å². The van der Waals surface area contributed by atoms with Crippen LogP contribution in [0.5, 0.6) is 0 Å². The quantitative estimate of drug-likeness (QED) is 0.744. The van der Waals surface area contributed by atoms with Crippen LogP contribution >= 0.6 is 0 Å². The number of aromatic amines is 1. The molecule has 126 valence electrons. The maximum absolute atomic E-state index is 12.2. The number of pyridine rings is 1. The summed E-state index contributed by atoms with van der Waals surface area (Å²) in [5.41, 5.74) is 3.96. The number of nitrogens with one attached hydrogen (secondary N) is 1. The van der Waals surface area contributed by atoms with E-state index in [4.69, 9.17) is 4.74 Å². The molecule has 6 heteroatoms. The van der Waals surface area contributed by atoms with Crippen LogP contribution in [0.15, 0.2) is 48.9 Å². The Kier molecular flexibility index (Phi) is 4.03. The van der Waals surface area contributed by atoms with Gasteiger partial charge in [-0.15, -0.1) is 0 Å². The standard InChI is InChI=1S/C19H18N4O2/c1-25-16-11-23(12-16)19(24)5-3-13-6-7-20-10-17(13)14-2-4-18-15(8-14)9-21-22-18/h2-10,16H,11-12H2,1H3,(H,21,22)/b5-3+. The van der Waals surface area contributed by atoms with E-state index < -0.39 is 0 Å². The van der Waals surface area contributed by atoms with E-state index in [0.717, 1.165) is 27.6 Å². The van der Waals surface area contributed by atoms with Crippen molar-refractivity contribution >= 4 is 22.9 Å². The van der Waals surface area contributed by atoms with Crippen molar-refractivity contribution < 1.29 is 9.53 Å². The molecule has 3 aromatic rings. The molecule has 0 aliphatic carbocycles. The summed E-state index contributed by atoms with van der Waals surface area (Å²) in [6.45, 7) is 1.31. The highest BCUT2D eigenvalue weighted by atomic mass is 16.5. The average molecular weight is 334 g/mol. The second-order valence-electron chi connectivity index (χ2n) is 6.07. The zero-order valence-electron chi connectivity index (χ0n) is 13.8. The van der Waals surface area contributed by atoms with Gasteiger partial charge in [-0.05, 0) is 35.4 Å². The lowest BCUT2D eigenvalue weighted by Gasteiger charge is -2.37. The summed E-state index contributed by atoms with van der Waals surface area (Å²) in [5, 5.41) is 8.04. The molecule has 1 fully saturated rings. The van der Waals surface area contributed by atoms with Gasteiger partial charge in [0.1, 0.15) is 0 Å². The lowest BCUT2D eigenvalue weighted by atomic mass is 10.0. The van der Waals surface area contributed by atoms with Gasteiger partial charge in [-0.2, -0.15) is 5.10 Å². The van der Waals surface area contributed by atoms with Gasteiger partial charge in [0, 0.05) is 49.6 Å². The molecule has 1 N–H and O–H groups in total. The third-order valence-electron chi connectivity index (χ3n) is 4.50. The normalized spacial score (nSPS) is 15.0. The Morgan fingerprint density at radius 2 is 2.20 bits per heavy atom. The molecule has 1 amide bonds. The largest absolute Gasteiger partial charge is 0.378 e. The highest BCUT2D eigenvalue weighted by molar-refractivity contribution is 5.94. The van der Waals surface area contributed by atoms with Crippen LogP contribution in [-0.2, 0) is 9.53 Å². The third kappa shape index (κ3) is 3.04. The van der Waals surface area contributed by atoms with Gasteiger partial charge in [0.05, 0.1) is 17.8 Å². The number of carbonyl (C=O) groups excluding carboxylic acids is 1. The van der Waals surface area contributed by atoms with Crippen molar-refractivity contribution in [3.05, 3.63) is 54.5 Å². The van der Waals surface area contributed by atoms with E-state index in [1.165, 1.54) is 0 Å². The van der Waals surface area contributed by atoms with Crippen molar-refractivity contribution in [2.75, 3.05) is 20.2 Å². The van der Waals surface area contributed by atoms with Crippen LogP contribution in [0.2, 0.25) is 0 Å². The number of hydrogen-bond donors (Lipinski definition) is 1. The van der Waals surface area contributed by atoms with E-state index >= 15 is 0 Å². The van der Waals surface area contributed by atoms with Gasteiger partial charge in [0.25, 0.3) is 0 Å². The van der Waals surface area contributed by atoms with Gasteiger partial charge < -0.3 is 9.64 Å². The van der Waals surface area contributed by atoms with Crippen LogP contribution in [0.3, 0.4) is 0 Å². The molecule has 6 nitrogen and oxygen atoms in total. The zero-order valence-corrected chi connectivity index (χ0v) is 13.8. The average Bonchev–Trinajstić information content (AvgIpc) is 3.07. The first-order chi connectivity index (χ1) is 12.2. The van der Waals surface area contributed by atoms with Gasteiger partial charge in [-0.25, -0.2) is 0 Å². The summed E-state index contributed by atoms with van der Waals surface area (Å²) in [4.78, 5) is 18.2. The molecule has 0 radical (unpaired) electrons. The molecule has 2 aromatic heterocycles. The van der Waals surface area contributed by atoms with Gasteiger partial charge >= 0.3 is 0 Å². The van der Waals surface area contributed by atoms with Gasteiger partial charge in [0.15, 0.2) is 0 Å². The van der Waals surface area contributed by atoms with E-state index in [-0.39, 0.29) is 12.0 Å². The molecule has 4 rings (SSSR count). The van der Waals surface area contributed by atoms with Crippen molar-refractivity contribution in [1.29, 1.82) is 0 Å². The molecule has 25 heavy (non-hydrogen) atoms. The zero-order chi connectivity index (χ0) is 17.2. The summed E-state index contributed by atoms with van der Waals surface area (Å²) in [6.07, 6.45) is 8.96. The van der Waals surface area contributed by atoms with Crippen LogP contribution in [-0.4, -0.2) is 52.3 Å². The minimum atomic E-state index is 0.00125. The first kappa shape index (κ1) is 15.5. The van der Waals surface area contributed by atoms with Crippen LogP contribution in [0.4, 0.5) is 0 Å². The number of aromatic nitrogens is 3. The summed E-state index contributed by atoms with van der Waals surface area (Å²) in [5.74, 6) is 0.00125. The fraction of sp³-hybridized carbons (Fsp3) is 0.211. The van der Waals surface area contributed by atoms with E-state index in [0.29, 0.717) is 13.1 Å². The number of benzene rings is 1. The lowest BCUT2D eigenvalue weighted by molar-refractivity contribution is -0.137. The van der Waals surface area contributed by atoms with Gasteiger partial charge in [-0.1, -0.05) is 6.07 Å². The molecule has 1 saturated heterocycles. The van der Waals surface area contributed by atoms with E-state index in [2.05, 4.69) is 21.2 Å². The predicted octanol–water partition coefficient (Wildman–Crippen LogP) is 2.50. The number of likely N-dealkylation sites (tertiary alicyclic amines) is 1. The van der Waals surface area contributed by atoms with Crippen molar-refractivity contribution in [2.24, 2.45) is 0 Å². The Hall–Kier alpha value is -2.99. The SMILES string of the molecule is COC1CN(C(=O)/C=C/c2ccncc2-c2ccc3[nH]ncc3c2)C1. The number of fused-ring (bicyclic) bond motifs is 1. The van der Waals surface area contributed by atoms with Crippen molar-refractivity contribution in [2.45, 2.75) is 6.10 Å². The van der Waals surface area contributed by atoms with Crippen molar-refractivity contribution in [1.82, 2.24) is 20.1 Å². The molecule has 0 saturated carbocycles. The maximum Gasteiger partial charge on any atom is 0.246 e. The Morgan fingerprint density at radius 1 is 1.32 bits per heavy atom. The first-order valence-corrected chi connectivity index (χ1v) is 8.12. The Labute approximate surface area is 145 Å². The second-order valence-corrected chi connectivity index (χ2v) is 6.07. The molecule has 0 spiro atoms. The molecular formula is C19H18N4O2. The number of amides is 1. The van der Waals surface area contributed by atoms with Crippen LogP contribution in [0.1, 0.15) is 5.56 Å². The van der Waals surface area contributed by atoms with Crippen LogP contribution in [0.25, 0.3) is 28.1 Å². The Bertz CT molecular complexity index is 941. The fourth-order valence-corrected chi connectivity index (χ4v) is 2.94. The Balaban J connectivity index is 1.58. The van der Waals surface area contributed by atoms with Gasteiger partial charge in [-0.3, -0.25) is 14.9 Å². The molecule has 1 aliphatic rings. The summed E-state index contributed by atoms with van der Waals surface area (Å²) in [7, 11) is 1.67. The summed E-state index contributed by atoms with van der Waals surface area (Å²) >= 11 is 0. The molecule has 0 atom stereocenters. The number of methoxy groups -OCH3 is 1. The molecule has 1 aliphatic heterocycles. The second kappa shape index (κ2) is 6.49. The third-order valence-corrected chi connectivity index (χ3v) is 4.50. The van der Waals surface area contributed by atoms with Crippen molar-refractivity contribution in [3.8, 4) is 11.1 Å². The number of carbonyl (C=O) groups is 1. The number of ether oxygens (including phenoxy) is 1. The van der Waals surface area contributed by atoms with E-state index in [9.17, 15) is 4.79 Å². The number of hydrogen-bond acceptors (Lipinski definition) is 4. The molecule has 3 heterocycles. The van der Waals surface area contributed by atoms with Crippen molar-refractivity contribution in [3.63, 3.8) is 0 Å².